The molecule has 8 nitrogen and oxygen atoms in total. The van der Waals surface area contributed by atoms with Crippen LogP contribution < -0.4 is 10.6 Å². The van der Waals surface area contributed by atoms with Crippen LogP contribution in [-0.2, 0) is 11.3 Å². The molecule has 31 heavy (non-hydrogen) atoms. The van der Waals surface area contributed by atoms with E-state index in [0.717, 1.165) is 32.5 Å². The van der Waals surface area contributed by atoms with E-state index in [-0.39, 0.29) is 17.6 Å². The summed E-state index contributed by atoms with van der Waals surface area (Å²) >= 11 is 0. The first-order chi connectivity index (χ1) is 15.0. The Hall–Kier alpha value is -2.97. The highest BCUT2D eigenvalue weighted by molar-refractivity contribution is 5.96. The smallest absolute Gasteiger partial charge is 0.293 e. The van der Waals surface area contributed by atoms with E-state index in [2.05, 4.69) is 40.7 Å². The van der Waals surface area contributed by atoms with Gasteiger partial charge in [-0.15, -0.1) is 0 Å². The van der Waals surface area contributed by atoms with E-state index in [4.69, 9.17) is 4.74 Å². The minimum Gasteiger partial charge on any atom is -0.383 e. The molecule has 166 valence electrons. The fourth-order valence-electron chi connectivity index (χ4n) is 3.79. The van der Waals surface area contributed by atoms with Gasteiger partial charge in [0.05, 0.1) is 11.5 Å². The molecule has 8 heteroatoms. The van der Waals surface area contributed by atoms with E-state index in [9.17, 15) is 14.9 Å². The predicted octanol–water partition coefficient (Wildman–Crippen LogP) is 3.36. The predicted molar refractivity (Wildman–Crippen MR) is 120 cm³/mol. The molecule has 0 atom stereocenters. The number of aryl methyl sites for hydroxylation is 1. The number of hydrogen-bond donors (Lipinski definition) is 2. The first-order valence-corrected chi connectivity index (χ1v) is 10.6. The number of nitro benzene ring substituents is 1. The number of hydrogen-bond acceptors (Lipinski definition) is 6. The van der Waals surface area contributed by atoms with Crippen molar-refractivity contribution in [2.45, 2.75) is 32.4 Å². The van der Waals surface area contributed by atoms with Crippen LogP contribution in [0.2, 0.25) is 0 Å². The number of methoxy groups -OCH3 is 1. The van der Waals surface area contributed by atoms with Crippen molar-refractivity contribution in [3.05, 3.63) is 69.3 Å². The molecule has 2 aromatic carbocycles. The number of likely N-dealkylation sites (tertiary alicyclic amines) is 1. The molecule has 3 rings (SSSR count). The van der Waals surface area contributed by atoms with Crippen molar-refractivity contribution in [1.29, 1.82) is 0 Å². The number of carbonyl (C=O) groups is 1. The Labute approximate surface area is 182 Å². The third-order valence-electron chi connectivity index (χ3n) is 5.66. The minimum atomic E-state index is -0.476. The van der Waals surface area contributed by atoms with Gasteiger partial charge in [0.2, 0.25) is 0 Å². The quantitative estimate of drug-likeness (QED) is 0.363. The topological polar surface area (TPSA) is 96.7 Å². The molecule has 1 amide bonds. The normalized spacial score (nSPS) is 14.9. The van der Waals surface area contributed by atoms with Crippen LogP contribution in [0.25, 0.3) is 0 Å². The lowest BCUT2D eigenvalue weighted by molar-refractivity contribution is -0.384. The number of nitro groups is 1. The number of nitrogens with zero attached hydrogens (tertiary/aromatic N) is 2. The zero-order chi connectivity index (χ0) is 22.2. The first-order valence-electron chi connectivity index (χ1n) is 10.6. The summed E-state index contributed by atoms with van der Waals surface area (Å²) in [4.78, 5) is 26.0. The van der Waals surface area contributed by atoms with Gasteiger partial charge in [0.25, 0.3) is 11.6 Å². The van der Waals surface area contributed by atoms with Gasteiger partial charge in [-0.05, 0) is 43.0 Å². The Morgan fingerprint density at radius 1 is 1.23 bits per heavy atom. The van der Waals surface area contributed by atoms with Crippen molar-refractivity contribution >= 4 is 17.3 Å². The van der Waals surface area contributed by atoms with Crippen molar-refractivity contribution in [1.82, 2.24) is 10.2 Å². The molecule has 1 heterocycles. The molecule has 0 unspecified atom stereocenters. The van der Waals surface area contributed by atoms with Gasteiger partial charge in [0.1, 0.15) is 5.69 Å². The molecule has 0 aromatic heterocycles. The lowest BCUT2D eigenvalue weighted by atomic mass is 10.0. The average molecular weight is 427 g/mol. The van der Waals surface area contributed by atoms with Crippen LogP contribution in [0.15, 0.2) is 42.5 Å². The summed E-state index contributed by atoms with van der Waals surface area (Å²) in [5.74, 6) is -0.274. The molecule has 1 fully saturated rings. The van der Waals surface area contributed by atoms with Gasteiger partial charge in [0.15, 0.2) is 0 Å². The first kappa shape index (κ1) is 22.7. The van der Waals surface area contributed by atoms with Crippen molar-refractivity contribution < 1.29 is 14.5 Å². The van der Waals surface area contributed by atoms with E-state index < -0.39 is 4.92 Å². The summed E-state index contributed by atoms with van der Waals surface area (Å²) in [6, 6.07) is 13.0. The lowest BCUT2D eigenvalue weighted by Gasteiger charge is -2.32. The second kappa shape index (κ2) is 10.9. The molecule has 0 aliphatic carbocycles. The molecule has 2 aromatic rings. The Morgan fingerprint density at radius 3 is 2.65 bits per heavy atom. The number of carbonyl (C=O) groups excluding carboxylic acids is 1. The largest absolute Gasteiger partial charge is 0.383 e. The highest BCUT2D eigenvalue weighted by atomic mass is 16.6. The maximum absolute atomic E-state index is 12.7. The van der Waals surface area contributed by atoms with Gasteiger partial charge in [-0.2, -0.15) is 0 Å². The van der Waals surface area contributed by atoms with Crippen LogP contribution in [-0.4, -0.2) is 55.1 Å². The number of amides is 1. The average Bonchev–Trinajstić information content (AvgIpc) is 2.77. The Bertz CT molecular complexity index is 910. The highest BCUT2D eigenvalue weighted by Crippen LogP contribution is 2.26. The number of piperidine rings is 1. The molecule has 0 radical (unpaired) electrons. The number of nitrogens with one attached hydrogen (secondary N) is 2. The van der Waals surface area contributed by atoms with Crippen LogP contribution in [0.4, 0.5) is 11.4 Å². The van der Waals surface area contributed by atoms with Gasteiger partial charge >= 0.3 is 0 Å². The molecular weight excluding hydrogens is 396 g/mol. The monoisotopic (exact) mass is 426 g/mol. The Balaban J connectivity index is 1.55. The molecule has 2 N–H and O–H groups in total. The Morgan fingerprint density at radius 2 is 1.97 bits per heavy atom. The van der Waals surface area contributed by atoms with Gasteiger partial charge in [-0.3, -0.25) is 19.8 Å². The summed E-state index contributed by atoms with van der Waals surface area (Å²) in [7, 11) is 1.57. The second-order valence-corrected chi connectivity index (χ2v) is 7.86. The fourth-order valence-corrected chi connectivity index (χ4v) is 3.79. The Kier molecular flexibility index (Phi) is 7.97. The van der Waals surface area contributed by atoms with E-state index in [0.29, 0.717) is 24.4 Å². The van der Waals surface area contributed by atoms with Crippen molar-refractivity contribution in [3.8, 4) is 0 Å². The summed E-state index contributed by atoms with van der Waals surface area (Å²) < 4.78 is 4.96. The molecule has 1 aliphatic rings. The zero-order valence-corrected chi connectivity index (χ0v) is 18.1. The van der Waals surface area contributed by atoms with E-state index >= 15 is 0 Å². The summed E-state index contributed by atoms with van der Waals surface area (Å²) in [6.45, 7) is 5.73. The molecular formula is C23H30N4O4. The number of ether oxygens (including phenoxy) is 1. The van der Waals surface area contributed by atoms with Crippen molar-refractivity contribution in [2.24, 2.45) is 0 Å². The SMILES string of the molecule is COCCNc1ccc(C(=O)NC2CCN(Cc3ccccc3C)CC2)cc1[N+](=O)[O-]. The van der Waals surface area contributed by atoms with Gasteiger partial charge in [-0.1, -0.05) is 24.3 Å². The number of rotatable bonds is 9. The van der Waals surface area contributed by atoms with Crippen LogP contribution >= 0.6 is 0 Å². The van der Waals surface area contributed by atoms with E-state index in [1.807, 2.05) is 6.07 Å². The highest BCUT2D eigenvalue weighted by Gasteiger charge is 2.23. The zero-order valence-electron chi connectivity index (χ0n) is 18.1. The van der Waals surface area contributed by atoms with Crippen LogP contribution in [0.3, 0.4) is 0 Å². The lowest BCUT2D eigenvalue weighted by Crippen LogP contribution is -2.44. The summed E-state index contributed by atoms with van der Waals surface area (Å²) in [6.07, 6.45) is 1.72. The molecule has 0 spiro atoms. The molecule has 0 bridgehead atoms. The van der Waals surface area contributed by atoms with Crippen molar-refractivity contribution in [2.75, 3.05) is 38.7 Å². The maximum Gasteiger partial charge on any atom is 0.293 e. The van der Waals surface area contributed by atoms with Crippen LogP contribution in [0, 0.1) is 17.0 Å². The van der Waals surface area contributed by atoms with Gasteiger partial charge in [-0.25, -0.2) is 0 Å². The molecule has 0 saturated carbocycles. The van der Waals surface area contributed by atoms with Crippen LogP contribution in [0.5, 0.6) is 0 Å². The van der Waals surface area contributed by atoms with E-state index in [1.165, 1.54) is 17.2 Å². The third kappa shape index (κ3) is 6.26. The van der Waals surface area contributed by atoms with Gasteiger partial charge < -0.3 is 15.4 Å². The minimum absolute atomic E-state index is 0.0687. The number of anilines is 1. The molecule has 1 saturated heterocycles. The van der Waals surface area contributed by atoms with Gasteiger partial charge in [0, 0.05) is 51.0 Å². The summed E-state index contributed by atoms with van der Waals surface area (Å²) in [5, 5.41) is 17.4. The third-order valence-corrected chi connectivity index (χ3v) is 5.66. The van der Waals surface area contributed by atoms with Crippen LogP contribution in [0.1, 0.15) is 34.3 Å². The molecule has 1 aliphatic heterocycles. The second-order valence-electron chi connectivity index (χ2n) is 7.86. The number of benzene rings is 2. The summed E-state index contributed by atoms with van der Waals surface area (Å²) in [5.41, 5.74) is 3.18. The fraction of sp³-hybridized carbons (Fsp3) is 0.435. The van der Waals surface area contributed by atoms with E-state index in [1.54, 1.807) is 19.2 Å². The van der Waals surface area contributed by atoms with Crippen molar-refractivity contribution in [3.63, 3.8) is 0 Å². The maximum atomic E-state index is 12.7. The standard InChI is InChI=1S/C23H30N4O4/c1-17-5-3-4-6-19(17)16-26-12-9-20(10-13-26)25-23(28)18-7-8-21(24-11-14-31-2)22(15-18)27(29)30/h3-8,15,20,24H,9-14,16H2,1-2H3,(H,25,28).